The van der Waals surface area contributed by atoms with Gasteiger partial charge in [0.1, 0.15) is 0 Å². The Morgan fingerprint density at radius 1 is 1.32 bits per heavy atom. The minimum absolute atomic E-state index is 0.127. The number of aliphatic hydroxyl groups is 1. The lowest BCUT2D eigenvalue weighted by molar-refractivity contribution is -0.155. The minimum atomic E-state index is -1.91. The molecule has 1 saturated carbocycles. The first-order valence-electron chi connectivity index (χ1n) is 7.26. The monoisotopic (exact) mass is 274 g/mol. The minimum Gasteiger partial charge on any atom is -0.464 e. The molecule has 2 atom stereocenters. The van der Waals surface area contributed by atoms with Crippen LogP contribution < -0.4 is 0 Å². The maximum absolute atomic E-state index is 13.8. The molecule has 0 aromatic heterocycles. The fourth-order valence-electron chi connectivity index (χ4n) is 2.93. The Balaban J connectivity index is 2.48. The number of ether oxygens (including phenoxy) is 1. The van der Waals surface area contributed by atoms with Gasteiger partial charge in [-0.25, -0.2) is 9.18 Å². The van der Waals surface area contributed by atoms with Crippen LogP contribution in [-0.4, -0.2) is 30.0 Å². The van der Waals surface area contributed by atoms with E-state index in [1.165, 1.54) is 0 Å². The normalized spacial score (nSPS) is 27.7. The summed E-state index contributed by atoms with van der Waals surface area (Å²) in [7, 11) is 0. The molecule has 0 aromatic carbocycles. The molecule has 112 valence electrons. The smallest absolute Gasteiger partial charge is 0.343 e. The van der Waals surface area contributed by atoms with Crippen LogP contribution in [0.2, 0.25) is 0 Å². The molecule has 0 saturated heterocycles. The van der Waals surface area contributed by atoms with E-state index < -0.39 is 18.2 Å². The van der Waals surface area contributed by atoms with Crippen LogP contribution in [0.3, 0.4) is 0 Å². The van der Waals surface area contributed by atoms with Gasteiger partial charge in [-0.2, -0.15) is 0 Å². The van der Waals surface area contributed by atoms with E-state index in [0.29, 0.717) is 5.92 Å². The van der Waals surface area contributed by atoms with E-state index in [4.69, 9.17) is 0 Å². The zero-order valence-electron chi connectivity index (χ0n) is 12.5. The van der Waals surface area contributed by atoms with Crippen LogP contribution in [0.4, 0.5) is 4.39 Å². The van der Waals surface area contributed by atoms with Crippen LogP contribution in [0.1, 0.15) is 53.4 Å². The van der Waals surface area contributed by atoms with Gasteiger partial charge in [-0.3, -0.25) is 0 Å². The number of alkyl halides is 1. The van der Waals surface area contributed by atoms with Crippen molar-refractivity contribution in [3.8, 4) is 0 Å². The van der Waals surface area contributed by atoms with Crippen LogP contribution in [0, 0.1) is 17.3 Å². The lowest BCUT2D eigenvalue weighted by Gasteiger charge is -2.38. The van der Waals surface area contributed by atoms with Gasteiger partial charge in [0.15, 0.2) is 0 Å². The van der Waals surface area contributed by atoms with Gasteiger partial charge in [0.2, 0.25) is 6.17 Å². The Kier molecular flexibility index (Phi) is 5.78. The molecule has 1 rings (SSSR count). The number of halogens is 1. The van der Waals surface area contributed by atoms with Crippen molar-refractivity contribution in [3.63, 3.8) is 0 Å². The van der Waals surface area contributed by atoms with Crippen molar-refractivity contribution in [2.45, 2.75) is 65.7 Å². The molecular formula is C15H27FO3. The van der Waals surface area contributed by atoms with Crippen molar-refractivity contribution in [2.75, 3.05) is 6.61 Å². The van der Waals surface area contributed by atoms with Crippen molar-refractivity contribution in [2.24, 2.45) is 17.3 Å². The lowest BCUT2D eigenvalue weighted by atomic mass is 9.68. The van der Waals surface area contributed by atoms with Crippen molar-refractivity contribution >= 4 is 5.97 Å². The quantitative estimate of drug-likeness (QED) is 0.801. The molecule has 2 unspecified atom stereocenters. The second-order valence-corrected chi connectivity index (χ2v) is 6.62. The number of aliphatic hydroxyl groups excluding tert-OH is 1. The zero-order chi connectivity index (χ0) is 14.6. The standard InChI is InChI=1S/C15H27FO3/c1-5-19-14(18)12(16)13(17)10-6-8-11(9-7-10)15(2,3)4/h10-13,17H,5-9H2,1-4H3. The Hall–Kier alpha value is -0.640. The predicted octanol–water partition coefficient (Wildman–Crippen LogP) is 3.10. The van der Waals surface area contributed by atoms with Crippen molar-refractivity contribution in [1.29, 1.82) is 0 Å². The van der Waals surface area contributed by atoms with Crippen LogP contribution in [0.25, 0.3) is 0 Å². The van der Waals surface area contributed by atoms with E-state index >= 15 is 0 Å². The van der Waals surface area contributed by atoms with Crippen LogP contribution >= 0.6 is 0 Å². The molecule has 0 radical (unpaired) electrons. The highest BCUT2D eigenvalue weighted by atomic mass is 19.1. The molecule has 0 aliphatic heterocycles. The molecule has 1 aliphatic rings. The van der Waals surface area contributed by atoms with Crippen LogP contribution in [-0.2, 0) is 9.53 Å². The first-order chi connectivity index (χ1) is 8.77. The number of carbonyl (C=O) groups is 1. The van der Waals surface area contributed by atoms with Gasteiger partial charge >= 0.3 is 5.97 Å². The van der Waals surface area contributed by atoms with Crippen LogP contribution in [0.15, 0.2) is 0 Å². The van der Waals surface area contributed by atoms with Gasteiger partial charge in [0.05, 0.1) is 12.7 Å². The second kappa shape index (κ2) is 6.69. The first-order valence-corrected chi connectivity index (χ1v) is 7.26. The average Bonchev–Trinajstić information content (AvgIpc) is 2.36. The highest BCUT2D eigenvalue weighted by Gasteiger charge is 2.38. The third kappa shape index (κ3) is 4.44. The van der Waals surface area contributed by atoms with Crippen molar-refractivity contribution in [3.05, 3.63) is 0 Å². The van der Waals surface area contributed by atoms with E-state index in [9.17, 15) is 14.3 Å². The van der Waals surface area contributed by atoms with Gasteiger partial charge in [0, 0.05) is 0 Å². The van der Waals surface area contributed by atoms with Crippen molar-refractivity contribution < 1.29 is 19.0 Å². The number of carbonyl (C=O) groups excluding carboxylic acids is 1. The molecule has 4 heteroatoms. The van der Waals surface area contributed by atoms with Gasteiger partial charge in [-0.15, -0.1) is 0 Å². The zero-order valence-corrected chi connectivity index (χ0v) is 12.5. The fraction of sp³-hybridized carbons (Fsp3) is 0.933. The molecule has 0 spiro atoms. The van der Waals surface area contributed by atoms with Gasteiger partial charge in [-0.1, -0.05) is 20.8 Å². The summed E-state index contributed by atoms with van der Waals surface area (Å²) in [5.41, 5.74) is 0.256. The molecule has 1 N–H and O–H groups in total. The summed E-state index contributed by atoms with van der Waals surface area (Å²) in [5, 5.41) is 9.95. The second-order valence-electron chi connectivity index (χ2n) is 6.62. The number of hydrogen-bond acceptors (Lipinski definition) is 3. The van der Waals surface area contributed by atoms with E-state index in [1.54, 1.807) is 6.92 Å². The van der Waals surface area contributed by atoms with Crippen LogP contribution in [0.5, 0.6) is 0 Å². The molecule has 3 nitrogen and oxygen atoms in total. The molecule has 1 aliphatic carbocycles. The molecule has 1 fully saturated rings. The summed E-state index contributed by atoms with van der Waals surface area (Å²) in [6.07, 6.45) is 0.407. The fourth-order valence-corrected chi connectivity index (χ4v) is 2.93. The first kappa shape index (κ1) is 16.4. The molecule has 0 aromatic rings. The topological polar surface area (TPSA) is 46.5 Å². The Bertz CT molecular complexity index is 290. The SMILES string of the molecule is CCOC(=O)C(F)C(O)C1CCC(C(C)(C)C)CC1. The number of esters is 1. The lowest BCUT2D eigenvalue weighted by Crippen LogP contribution is -2.40. The van der Waals surface area contributed by atoms with E-state index in [-0.39, 0.29) is 17.9 Å². The highest BCUT2D eigenvalue weighted by molar-refractivity contribution is 5.75. The molecule has 19 heavy (non-hydrogen) atoms. The number of rotatable bonds is 4. The Labute approximate surface area is 115 Å². The van der Waals surface area contributed by atoms with E-state index in [0.717, 1.165) is 25.7 Å². The number of hydrogen-bond donors (Lipinski definition) is 1. The molecular weight excluding hydrogens is 247 g/mol. The van der Waals surface area contributed by atoms with E-state index in [1.807, 2.05) is 0 Å². The summed E-state index contributed by atoms with van der Waals surface area (Å²) < 4.78 is 18.4. The summed E-state index contributed by atoms with van der Waals surface area (Å²) in [5.74, 6) is -0.456. The van der Waals surface area contributed by atoms with Gasteiger partial charge in [0.25, 0.3) is 0 Å². The summed E-state index contributed by atoms with van der Waals surface area (Å²) in [6, 6.07) is 0. The average molecular weight is 274 g/mol. The molecule has 0 bridgehead atoms. The van der Waals surface area contributed by atoms with Crippen molar-refractivity contribution in [1.82, 2.24) is 0 Å². The Morgan fingerprint density at radius 3 is 2.26 bits per heavy atom. The maximum atomic E-state index is 13.8. The summed E-state index contributed by atoms with van der Waals surface area (Å²) in [6.45, 7) is 8.41. The summed E-state index contributed by atoms with van der Waals surface area (Å²) >= 11 is 0. The third-order valence-electron chi connectivity index (χ3n) is 4.29. The Morgan fingerprint density at radius 2 is 1.84 bits per heavy atom. The predicted molar refractivity (Wildman–Crippen MR) is 72.4 cm³/mol. The maximum Gasteiger partial charge on any atom is 0.343 e. The van der Waals surface area contributed by atoms with E-state index in [2.05, 4.69) is 25.5 Å². The highest BCUT2D eigenvalue weighted by Crippen LogP contribution is 2.41. The largest absolute Gasteiger partial charge is 0.464 e. The van der Waals surface area contributed by atoms with Gasteiger partial charge in [-0.05, 0) is 49.9 Å². The molecule has 0 heterocycles. The third-order valence-corrected chi connectivity index (χ3v) is 4.29. The molecule has 0 amide bonds. The summed E-state index contributed by atoms with van der Waals surface area (Å²) in [4.78, 5) is 11.3. The van der Waals surface area contributed by atoms with Gasteiger partial charge < -0.3 is 9.84 Å².